The Labute approximate surface area is 108 Å². The largest absolute Gasteiger partial charge is 0.394 e. The van der Waals surface area contributed by atoms with E-state index in [9.17, 15) is 5.11 Å². The van der Waals surface area contributed by atoms with Crippen LogP contribution in [0.2, 0.25) is 0 Å². The highest BCUT2D eigenvalue weighted by Gasteiger charge is 2.31. The Morgan fingerprint density at radius 2 is 2.06 bits per heavy atom. The van der Waals surface area contributed by atoms with Crippen LogP contribution in [0.25, 0.3) is 0 Å². The quantitative estimate of drug-likeness (QED) is 0.859. The summed E-state index contributed by atoms with van der Waals surface area (Å²) in [5.41, 5.74) is 2.61. The summed E-state index contributed by atoms with van der Waals surface area (Å²) >= 11 is 0. The number of nitrogens with zero attached hydrogens (tertiary/aromatic N) is 1. The van der Waals surface area contributed by atoms with Gasteiger partial charge in [-0.1, -0.05) is 19.3 Å². The predicted molar refractivity (Wildman–Crippen MR) is 72.4 cm³/mol. The Bertz CT molecular complexity index is 456. The van der Waals surface area contributed by atoms with Crippen molar-refractivity contribution in [3.8, 4) is 6.07 Å². The summed E-state index contributed by atoms with van der Waals surface area (Å²) in [7, 11) is 0. The number of nitrogens with one attached hydrogen (secondary N) is 1. The van der Waals surface area contributed by atoms with Crippen LogP contribution in [0.3, 0.4) is 0 Å². The lowest BCUT2D eigenvalue weighted by atomic mass is 9.82. The maximum absolute atomic E-state index is 9.68. The third-order valence-electron chi connectivity index (χ3n) is 3.87. The highest BCUT2D eigenvalue weighted by atomic mass is 16.3. The van der Waals surface area contributed by atoms with Crippen LogP contribution in [0.1, 0.15) is 43.2 Å². The first-order valence-electron chi connectivity index (χ1n) is 6.59. The number of anilines is 1. The molecule has 1 aliphatic carbocycles. The van der Waals surface area contributed by atoms with E-state index in [1.165, 1.54) is 19.3 Å². The molecule has 0 aliphatic heterocycles. The number of benzene rings is 1. The van der Waals surface area contributed by atoms with E-state index in [0.717, 1.165) is 24.1 Å². The summed E-state index contributed by atoms with van der Waals surface area (Å²) in [5, 5.41) is 22.0. The van der Waals surface area contributed by atoms with Gasteiger partial charge in [-0.25, -0.2) is 0 Å². The number of aryl methyl sites for hydroxylation is 1. The van der Waals surface area contributed by atoms with E-state index >= 15 is 0 Å². The average Bonchev–Trinajstić information content (AvgIpc) is 2.42. The first-order valence-corrected chi connectivity index (χ1v) is 6.59. The number of hydrogen-bond acceptors (Lipinski definition) is 3. The van der Waals surface area contributed by atoms with Crippen LogP contribution in [0.4, 0.5) is 5.69 Å². The minimum absolute atomic E-state index is 0.169. The predicted octanol–water partition coefficient (Wildman–Crippen LogP) is 2.97. The molecule has 3 nitrogen and oxygen atoms in total. The molecule has 0 aromatic heterocycles. The highest BCUT2D eigenvalue weighted by Crippen LogP contribution is 2.32. The molecule has 0 radical (unpaired) electrons. The van der Waals surface area contributed by atoms with Gasteiger partial charge in [0.1, 0.15) is 0 Å². The lowest BCUT2D eigenvalue weighted by Gasteiger charge is -2.38. The van der Waals surface area contributed by atoms with Gasteiger partial charge in [-0.2, -0.15) is 5.26 Å². The van der Waals surface area contributed by atoms with Crippen LogP contribution < -0.4 is 5.32 Å². The molecule has 1 aliphatic rings. The van der Waals surface area contributed by atoms with Crippen molar-refractivity contribution in [1.82, 2.24) is 0 Å². The molecule has 3 heteroatoms. The highest BCUT2D eigenvalue weighted by molar-refractivity contribution is 5.55. The van der Waals surface area contributed by atoms with Gasteiger partial charge in [0, 0.05) is 5.69 Å². The van der Waals surface area contributed by atoms with E-state index in [1.54, 1.807) is 0 Å². The molecule has 1 saturated carbocycles. The van der Waals surface area contributed by atoms with Crippen molar-refractivity contribution in [2.45, 2.75) is 44.6 Å². The molecular weight excluding hydrogens is 224 g/mol. The van der Waals surface area contributed by atoms with E-state index < -0.39 is 0 Å². The molecule has 1 fully saturated rings. The SMILES string of the molecule is Cc1cc(C#N)ccc1NC1(CO)CCCCC1. The van der Waals surface area contributed by atoms with Crippen molar-refractivity contribution in [3.63, 3.8) is 0 Å². The minimum Gasteiger partial charge on any atom is -0.394 e. The van der Waals surface area contributed by atoms with Crippen LogP contribution in [0.5, 0.6) is 0 Å². The number of nitriles is 1. The monoisotopic (exact) mass is 244 g/mol. The van der Waals surface area contributed by atoms with Gasteiger partial charge in [-0.15, -0.1) is 0 Å². The molecule has 0 atom stereocenters. The summed E-state index contributed by atoms with van der Waals surface area (Å²) in [6.07, 6.45) is 5.63. The molecule has 0 bridgehead atoms. The second kappa shape index (κ2) is 5.41. The smallest absolute Gasteiger partial charge is 0.0991 e. The Morgan fingerprint density at radius 1 is 1.33 bits per heavy atom. The van der Waals surface area contributed by atoms with Gasteiger partial charge in [0.25, 0.3) is 0 Å². The summed E-state index contributed by atoms with van der Waals surface area (Å²) in [5.74, 6) is 0. The first kappa shape index (κ1) is 12.9. The van der Waals surface area contributed by atoms with Gasteiger partial charge in [0.2, 0.25) is 0 Å². The zero-order valence-electron chi connectivity index (χ0n) is 10.9. The van der Waals surface area contributed by atoms with Gasteiger partial charge in [-0.3, -0.25) is 0 Å². The molecule has 18 heavy (non-hydrogen) atoms. The standard InChI is InChI=1S/C15H20N2O/c1-12-9-13(10-16)5-6-14(12)17-15(11-18)7-3-2-4-8-15/h5-6,9,17-18H,2-4,7-8,11H2,1H3. The lowest BCUT2D eigenvalue weighted by Crippen LogP contribution is -2.44. The first-order chi connectivity index (χ1) is 8.69. The number of aliphatic hydroxyl groups excluding tert-OH is 1. The van der Waals surface area contributed by atoms with E-state index in [1.807, 2.05) is 25.1 Å². The van der Waals surface area contributed by atoms with Gasteiger partial charge in [0.15, 0.2) is 0 Å². The molecular formula is C15H20N2O. The lowest BCUT2D eigenvalue weighted by molar-refractivity contribution is 0.173. The van der Waals surface area contributed by atoms with E-state index in [-0.39, 0.29) is 12.1 Å². The van der Waals surface area contributed by atoms with E-state index in [2.05, 4.69) is 11.4 Å². The van der Waals surface area contributed by atoms with Gasteiger partial charge in [-0.05, 0) is 43.5 Å². The molecule has 0 saturated heterocycles. The molecule has 2 rings (SSSR count). The van der Waals surface area contributed by atoms with Crippen molar-refractivity contribution in [1.29, 1.82) is 5.26 Å². The maximum atomic E-state index is 9.68. The molecule has 2 N–H and O–H groups in total. The van der Waals surface area contributed by atoms with Gasteiger partial charge in [0.05, 0.1) is 23.8 Å². The van der Waals surface area contributed by atoms with E-state index in [4.69, 9.17) is 5.26 Å². The molecule has 0 unspecified atom stereocenters. The average molecular weight is 244 g/mol. The molecule has 96 valence electrons. The van der Waals surface area contributed by atoms with Crippen LogP contribution in [-0.2, 0) is 0 Å². The molecule has 0 heterocycles. The fourth-order valence-electron chi connectivity index (χ4n) is 2.71. The van der Waals surface area contributed by atoms with Crippen LogP contribution in [0.15, 0.2) is 18.2 Å². The molecule has 0 amide bonds. The third-order valence-corrected chi connectivity index (χ3v) is 3.87. The topological polar surface area (TPSA) is 56.0 Å². The van der Waals surface area contributed by atoms with Crippen molar-refractivity contribution in [2.75, 3.05) is 11.9 Å². The van der Waals surface area contributed by atoms with Crippen molar-refractivity contribution in [3.05, 3.63) is 29.3 Å². The fourth-order valence-corrected chi connectivity index (χ4v) is 2.71. The molecule has 1 aromatic rings. The minimum atomic E-state index is -0.169. The zero-order valence-corrected chi connectivity index (χ0v) is 10.9. The zero-order chi connectivity index (χ0) is 13.0. The van der Waals surface area contributed by atoms with Crippen molar-refractivity contribution in [2.24, 2.45) is 0 Å². The van der Waals surface area contributed by atoms with Crippen LogP contribution >= 0.6 is 0 Å². The van der Waals surface area contributed by atoms with Gasteiger partial charge >= 0.3 is 0 Å². The Kier molecular flexibility index (Phi) is 3.88. The number of hydrogen-bond donors (Lipinski definition) is 2. The summed E-state index contributed by atoms with van der Waals surface area (Å²) in [4.78, 5) is 0. The van der Waals surface area contributed by atoms with Crippen molar-refractivity contribution >= 4 is 5.69 Å². The summed E-state index contributed by atoms with van der Waals surface area (Å²) in [6.45, 7) is 2.17. The Balaban J connectivity index is 2.19. The third kappa shape index (κ3) is 2.65. The second-order valence-corrected chi connectivity index (χ2v) is 5.27. The molecule has 0 spiro atoms. The Morgan fingerprint density at radius 3 is 2.61 bits per heavy atom. The fraction of sp³-hybridized carbons (Fsp3) is 0.533. The van der Waals surface area contributed by atoms with E-state index in [0.29, 0.717) is 5.56 Å². The number of aliphatic hydroxyl groups is 1. The normalized spacial score (nSPS) is 18.1. The van der Waals surface area contributed by atoms with Crippen molar-refractivity contribution < 1.29 is 5.11 Å². The molecule has 1 aromatic carbocycles. The van der Waals surface area contributed by atoms with Crippen LogP contribution in [0, 0.1) is 18.3 Å². The number of rotatable bonds is 3. The maximum Gasteiger partial charge on any atom is 0.0991 e. The van der Waals surface area contributed by atoms with Gasteiger partial charge < -0.3 is 10.4 Å². The van der Waals surface area contributed by atoms with Crippen LogP contribution in [-0.4, -0.2) is 17.3 Å². The Hall–Kier alpha value is -1.53. The second-order valence-electron chi connectivity index (χ2n) is 5.27. The summed E-state index contributed by atoms with van der Waals surface area (Å²) in [6, 6.07) is 7.80. The summed E-state index contributed by atoms with van der Waals surface area (Å²) < 4.78 is 0.